The van der Waals surface area contributed by atoms with Crippen LogP contribution < -0.4 is 10.6 Å². The Morgan fingerprint density at radius 1 is 0.966 bits per heavy atom. The fourth-order valence-corrected chi connectivity index (χ4v) is 4.36. The van der Waals surface area contributed by atoms with Crippen LogP contribution in [-0.2, 0) is 32.5 Å². The highest BCUT2D eigenvalue weighted by atomic mass is 16.3. The van der Waals surface area contributed by atoms with Gasteiger partial charge in [-0.1, -0.05) is 42.5 Å². The number of hydrogen-bond acceptors (Lipinski definition) is 3. The molecule has 2 aromatic carbocycles. The molecule has 0 aromatic heterocycles. The number of aliphatic hydroxyl groups is 1. The lowest BCUT2D eigenvalue weighted by molar-refractivity contribution is 0.0791. The van der Waals surface area contributed by atoms with Gasteiger partial charge >= 0.3 is 6.03 Å². The van der Waals surface area contributed by atoms with Gasteiger partial charge in [-0.25, -0.2) is 4.79 Å². The Morgan fingerprint density at radius 2 is 1.69 bits per heavy atom. The molecule has 2 aromatic rings. The fraction of sp³-hybridized carbons (Fsp3) is 0.458. The van der Waals surface area contributed by atoms with Crippen LogP contribution in [-0.4, -0.2) is 35.2 Å². The molecule has 29 heavy (non-hydrogen) atoms. The van der Waals surface area contributed by atoms with E-state index in [1.165, 1.54) is 29.5 Å². The van der Waals surface area contributed by atoms with Crippen LogP contribution >= 0.6 is 0 Å². The summed E-state index contributed by atoms with van der Waals surface area (Å²) in [6.07, 6.45) is 5.10. The van der Waals surface area contributed by atoms with Crippen LogP contribution in [0.1, 0.15) is 47.1 Å². The Kier molecular flexibility index (Phi) is 6.47. The lowest BCUT2D eigenvalue weighted by Gasteiger charge is -2.30. The zero-order chi connectivity index (χ0) is 20.1. The average molecular weight is 394 g/mol. The number of benzene rings is 2. The van der Waals surface area contributed by atoms with Crippen LogP contribution in [0.25, 0.3) is 0 Å². The van der Waals surface area contributed by atoms with Gasteiger partial charge in [-0.3, -0.25) is 4.90 Å². The molecular weight excluding hydrogens is 362 g/mol. The van der Waals surface area contributed by atoms with Crippen molar-refractivity contribution in [3.05, 3.63) is 70.3 Å². The second-order valence-electron chi connectivity index (χ2n) is 8.27. The first kappa shape index (κ1) is 19.9. The van der Waals surface area contributed by atoms with E-state index in [0.717, 1.165) is 50.0 Å². The molecule has 1 saturated heterocycles. The zero-order valence-corrected chi connectivity index (χ0v) is 17.0. The van der Waals surface area contributed by atoms with E-state index in [2.05, 4.69) is 45.9 Å². The predicted molar refractivity (Wildman–Crippen MR) is 115 cm³/mol. The molecule has 0 spiro atoms. The SMILES string of the molecule is O=C(NCc1ccc2c(c1)CCC2)NCc1ccccc1CN1CCC(O)CC1. The van der Waals surface area contributed by atoms with Gasteiger partial charge in [-0.2, -0.15) is 0 Å². The minimum atomic E-state index is -0.155. The molecule has 154 valence electrons. The maximum atomic E-state index is 12.3. The third-order valence-electron chi connectivity index (χ3n) is 6.12. The molecule has 0 bridgehead atoms. The zero-order valence-electron chi connectivity index (χ0n) is 17.0. The maximum Gasteiger partial charge on any atom is 0.315 e. The Bertz CT molecular complexity index is 844. The summed E-state index contributed by atoms with van der Waals surface area (Å²) in [4.78, 5) is 14.7. The molecular formula is C24H31N3O2. The number of amides is 2. The number of carbonyl (C=O) groups excluding carboxylic acids is 1. The summed E-state index contributed by atoms with van der Waals surface area (Å²) in [6.45, 7) is 3.77. The van der Waals surface area contributed by atoms with Crippen molar-refractivity contribution in [2.45, 2.75) is 57.8 Å². The lowest BCUT2D eigenvalue weighted by Crippen LogP contribution is -2.36. The Morgan fingerprint density at radius 3 is 2.52 bits per heavy atom. The minimum Gasteiger partial charge on any atom is -0.393 e. The van der Waals surface area contributed by atoms with E-state index < -0.39 is 0 Å². The number of rotatable bonds is 6. The summed E-state index contributed by atoms with van der Waals surface area (Å²) in [7, 11) is 0. The van der Waals surface area contributed by atoms with Crippen LogP contribution in [0.4, 0.5) is 4.79 Å². The Labute approximate surface area is 173 Å². The van der Waals surface area contributed by atoms with E-state index >= 15 is 0 Å². The third-order valence-corrected chi connectivity index (χ3v) is 6.12. The molecule has 5 heteroatoms. The standard InChI is InChI=1S/C24H31N3O2/c28-23-10-12-27(13-11-23)17-22-5-2-1-4-21(22)16-26-24(29)25-15-18-8-9-19-6-3-7-20(19)14-18/h1-2,4-5,8-9,14,23,28H,3,6-7,10-13,15-17H2,(H2,25,26,29). The van der Waals surface area contributed by atoms with E-state index in [9.17, 15) is 9.90 Å². The summed E-state index contributed by atoms with van der Waals surface area (Å²) in [6, 6.07) is 14.7. The molecule has 5 nitrogen and oxygen atoms in total. The first-order valence-corrected chi connectivity index (χ1v) is 10.8. The number of aliphatic hydroxyl groups excluding tert-OH is 1. The number of likely N-dealkylation sites (tertiary alicyclic amines) is 1. The summed E-state index contributed by atoms with van der Waals surface area (Å²) in [5, 5.41) is 15.7. The van der Waals surface area contributed by atoms with E-state index in [1.807, 2.05) is 12.1 Å². The van der Waals surface area contributed by atoms with Crippen LogP contribution in [0, 0.1) is 0 Å². The number of nitrogens with one attached hydrogen (secondary N) is 2. The highest BCUT2D eigenvalue weighted by Crippen LogP contribution is 2.22. The second-order valence-corrected chi connectivity index (χ2v) is 8.27. The number of carbonyl (C=O) groups is 1. The summed E-state index contributed by atoms with van der Waals surface area (Å²) in [5.74, 6) is 0. The topological polar surface area (TPSA) is 64.6 Å². The van der Waals surface area contributed by atoms with Crippen molar-refractivity contribution in [2.75, 3.05) is 13.1 Å². The van der Waals surface area contributed by atoms with Crippen molar-refractivity contribution in [3.8, 4) is 0 Å². The molecule has 1 heterocycles. The van der Waals surface area contributed by atoms with Crippen LogP contribution in [0.15, 0.2) is 42.5 Å². The molecule has 0 unspecified atom stereocenters. The summed E-state index contributed by atoms with van der Waals surface area (Å²) >= 11 is 0. The smallest absolute Gasteiger partial charge is 0.315 e. The van der Waals surface area contributed by atoms with Gasteiger partial charge in [0, 0.05) is 32.7 Å². The van der Waals surface area contributed by atoms with Crippen molar-refractivity contribution in [1.82, 2.24) is 15.5 Å². The van der Waals surface area contributed by atoms with Gasteiger partial charge in [-0.05, 0) is 59.9 Å². The summed E-state index contributed by atoms with van der Waals surface area (Å²) < 4.78 is 0. The molecule has 1 fully saturated rings. The molecule has 3 N–H and O–H groups in total. The highest BCUT2D eigenvalue weighted by molar-refractivity contribution is 5.73. The monoisotopic (exact) mass is 393 g/mol. The largest absolute Gasteiger partial charge is 0.393 e. The van der Waals surface area contributed by atoms with E-state index in [4.69, 9.17) is 0 Å². The minimum absolute atomic E-state index is 0.138. The number of nitrogens with zero attached hydrogens (tertiary/aromatic N) is 1. The Hall–Kier alpha value is -2.37. The number of aryl methyl sites for hydroxylation is 2. The van der Waals surface area contributed by atoms with Gasteiger partial charge in [0.1, 0.15) is 0 Å². The highest BCUT2D eigenvalue weighted by Gasteiger charge is 2.18. The summed E-state index contributed by atoms with van der Waals surface area (Å²) in [5.41, 5.74) is 6.43. The third kappa shape index (κ3) is 5.37. The van der Waals surface area contributed by atoms with E-state index in [1.54, 1.807) is 0 Å². The first-order valence-electron chi connectivity index (χ1n) is 10.8. The van der Waals surface area contributed by atoms with Gasteiger partial charge in [0.25, 0.3) is 0 Å². The molecule has 1 aliphatic heterocycles. The normalized spacial score (nSPS) is 17.1. The van der Waals surface area contributed by atoms with Crippen molar-refractivity contribution >= 4 is 6.03 Å². The van der Waals surface area contributed by atoms with E-state index in [0.29, 0.717) is 13.1 Å². The van der Waals surface area contributed by atoms with Crippen LogP contribution in [0.2, 0.25) is 0 Å². The molecule has 2 amide bonds. The molecule has 0 saturated carbocycles. The van der Waals surface area contributed by atoms with E-state index in [-0.39, 0.29) is 12.1 Å². The maximum absolute atomic E-state index is 12.3. The van der Waals surface area contributed by atoms with Crippen LogP contribution in [0.5, 0.6) is 0 Å². The van der Waals surface area contributed by atoms with Gasteiger partial charge in [0.15, 0.2) is 0 Å². The van der Waals surface area contributed by atoms with Crippen LogP contribution in [0.3, 0.4) is 0 Å². The number of piperidine rings is 1. The molecule has 2 aliphatic rings. The molecule has 0 radical (unpaired) electrons. The van der Waals surface area contributed by atoms with Crippen molar-refractivity contribution in [3.63, 3.8) is 0 Å². The van der Waals surface area contributed by atoms with Gasteiger partial charge in [0.05, 0.1) is 6.10 Å². The van der Waals surface area contributed by atoms with Gasteiger partial charge in [0.2, 0.25) is 0 Å². The van der Waals surface area contributed by atoms with Crippen molar-refractivity contribution in [1.29, 1.82) is 0 Å². The predicted octanol–water partition coefficient (Wildman–Crippen LogP) is 3.13. The average Bonchev–Trinajstić information content (AvgIpc) is 3.21. The van der Waals surface area contributed by atoms with Gasteiger partial charge in [-0.15, -0.1) is 0 Å². The number of hydrogen-bond donors (Lipinski definition) is 3. The fourth-order valence-electron chi connectivity index (χ4n) is 4.36. The quantitative estimate of drug-likeness (QED) is 0.707. The van der Waals surface area contributed by atoms with Gasteiger partial charge < -0.3 is 15.7 Å². The lowest BCUT2D eigenvalue weighted by atomic mass is 10.0. The molecule has 0 atom stereocenters. The van der Waals surface area contributed by atoms with Crippen molar-refractivity contribution in [2.24, 2.45) is 0 Å². The molecule has 4 rings (SSSR count). The molecule has 1 aliphatic carbocycles. The second kappa shape index (κ2) is 9.42. The van der Waals surface area contributed by atoms with Crippen molar-refractivity contribution < 1.29 is 9.90 Å². The Balaban J connectivity index is 1.27. The number of fused-ring (bicyclic) bond motifs is 1. The number of urea groups is 1. The first-order chi connectivity index (χ1) is 14.2.